The molecule has 0 aliphatic carbocycles. The van der Waals surface area contributed by atoms with Gasteiger partial charge in [-0.3, -0.25) is 4.79 Å². The van der Waals surface area contributed by atoms with E-state index in [1.165, 1.54) is 0 Å². The van der Waals surface area contributed by atoms with Gasteiger partial charge in [0.2, 0.25) is 5.91 Å². The normalized spacial score (nSPS) is 18.0. The molecule has 1 aromatic rings. The predicted octanol–water partition coefficient (Wildman–Crippen LogP) is 1.95. The number of hydrogen-bond donors (Lipinski definition) is 1. The Morgan fingerprint density at radius 3 is 2.81 bits per heavy atom. The SMILES string of the molecule is CCN1c2nccc(C)c2NC(=O)C1(C)C. The van der Waals surface area contributed by atoms with E-state index in [0.29, 0.717) is 0 Å². The number of aryl methyl sites for hydroxylation is 1. The quantitative estimate of drug-likeness (QED) is 0.785. The van der Waals surface area contributed by atoms with Crippen molar-refractivity contribution in [3.8, 4) is 0 Å². The summed E-state index contributed by atoms with van der Waals surface area (Å²) < 4.78 is 0. The molecule has 0 saturated carbocycles. The van der Waals surface area contributed by atoms with E-state index in [-0.39, 0.29) is 5.91 Å². The van der Waals surface area contributed by atoms with Crippen LogP contribution in [-0.4, -0.2) is 23.0 Å². The molecule has 0 aromatic carbocycles. The summed E-state index contributed by atoms with van der Waals surface area (Å²) in [4.78, 5) is 18.4. The molecule has 0 atom stereocenters. The van der Waals surface area contributed by atoms with E-state index in [0.717, 1.165) is 23.6 Å². The Bertz CT molecular complexity index is 440. The summed E-state index contributed by atoms with van der Waals surface area (Å²) in [6.45, 7) is 8.61. The molecule has 16 heavy (non-hydrogen) atoms. The topological polar surface area (TPSA) is 45.2 Å². The van der Waals surface area contributed by atoms with Crippen LogP contribution in [0.1, 0.15) is 26.3 Å². The van der Waals surface area contributed by atoms with E-state index in [9.17, 15) is 4.79 Å². The van der Waals surface area contributed by atoms with Crippen LogP contribution in [0.15, 0.2) is 12.3 Å². The Morgan fingerprint density at radius 2 is 2.19 bits per heavy atom. The molecule has 4 heteroatoms. The van der Waals surface area contributed by atoms with Crippen LogP contribution in [0.5, 0.6) is 0 Å². The van der Waals surface area contributed by atoms with Crippen LogP contribution in [0.25, 0.3) is 0 Å². The molecule has 86 valence electrons. The lowest BCUT2D eigenvalue weighted by atomic mass is 9.97. The maximum atomic E-state index is 12.0. The molecule has 0 unspecified atom stereocenters. The van der Waals surface area contributed by atoms with Gasteiger partial charge in [0.1, 0.15) is 5.54 Å². The van der Waals surface area contributed by atoms with Crippen molar-refractivity contribution in [2.45, 2.75) is 33.2 Å². The number of aromatic nitrogens is 1. The Morgan fingerprint density at radius 1 is 1.50 bits per heavy atom. The van der Waals surface area contributed by atoms with E-state index in [1.54, 1.807) is 6.20 Å². The molecule has 0 radical (unpaired) electrons. The van der Waals surface area contributed by atoms with Gasteiger partial charge in [-0.05, 0) is 39.3 Å². The lowest BCUT2D eigenvalue weighted by molar-refractivity contribution is -0.120. The maximum Gasteiger partial charge on any atom is 0.249 e. The van der Waals surface area contributed by atoms with Crippen LogP contribution in [0, 0.1) is 6.92 Å². The minimum Gasteiger partial charge on any atom is -0.341 e. The third-order valence-corrected chi connectivity index (χ3v) is 3.18. The van der Waals surface area contributed by atoms with Gasteiger partial charge < -0.3 is 10.2 Å². The standard InChI is InChI=1S/C12H17N3O/c1-5-15-10-9(8(2)6-7-13-10)14-11(16)12(15,3)4/h6-7H,5H2,1-4H3,(H,14,16). The first-order valence-corrected chi connectivity index (χ1v) is 5.53. The van der Waals surface area contributed by atoms with Crippen molar-refractivity contribution in [1.82, 2.24) is 4.98 Å². The molecule has 1 N–H and O–H groups in total. The molecular formula is C12H17N3O. The summed E-state index contributed by atoms with van der Waals surface area (Å²) in [6.07, 6.45) is 1.78. The minimum atomic E-state index is -0.539. The lowest BCUT2D eigenvalue weighted by Crippen LogP contribution is -2.56. The van der Waals surface area contributed by atoms with Gasteiger partial charge in [0, 0.05) is 12.7 Å². The third-order valence-electron chi connectivity index (χ3n) is 3.18. The maximum absolute atomic E-state index is 12.0. The summed E-state index contributed by atoms with van der Waals surface area (Å²) in [5.74, 6) is 0.894. The predicted molar refractivity (Wildman–Crippen MR) is 64.7 cm³/mol. The summed E-state index contributed by atoms with van der Waals surface area (Å²) in [5, 5.41) is 2.94. The highest BCUT2D eigenvalue weighted by molar-refractivity contribution is 6.06. The van der Waals surface area contributed by atoms with Crippen molar-refractivity contribution < 1.29 is 4.79 Å². The van der Waals surface area contributed by atoms with Crippen molar-refractivity contribution in [3.63, 3.8) is 0 Å². The summed E-state index contributed by atoms with van der Waals surface area (Å²) >= 11 is 0. The molecule has 1 amide bonds. The molecule has 4 nitrogen and oxygen atoms in total. The number of carbonyl (C=O) groups excluding carboxylic acids is 1. The second-order valence-corrected chi connectivity index (χ2v) is 4.58. The van der Waals surface area contributed by atoms with Crippen LogP contribution in [-0.2, 0) is 4.79 Å². The fourth-order valence-electron chi connectivity index (χ4n) is 2.10. The first-order valence-electron chi connectivity index (χ1n) is 5.53. The van der Waals surface area contributed by atoms with Gasteiger partial charge in [0.25, 0.3) is 0 Å². The van der Waals surface area contributed by atoms with Crippen molar-refractivity contribution >= 4 is 17.4 Å². The number of likely N-dealkylation sites (N-methyl/N-ethyl adjacent to an activating group) is 1. The van der Waals surface area contributed by atoms with E-state index in [4.69, 9.17) is 0 Å². The van der Waals surface area contributed by atoms with E-state index >= 15 is 0 Å². The zero-order valence-electron chi connectivity index (χ0n) is 10.2. The lowest BCUT2D eigenvalue weighted by Gasteiger charge is -2.42. The number of amides is 1. The van der Waals surface area contributed by atoms with Crippen molar-refractivity contribution in [1.29, 1.82) is 0 Å². The number of pyridine rings is 1. The van der Waals surface area contributed by atoms with Crippen molar-refractivity contribution in [3.05, 3.63) is 17.8 Å². The van der Waals surface area contributed by atoms with Crippen molar-refractivity contribution in [2.75, 3.05) is 16.8 Å². The number of nitrogens with one attached hydrogen (secondary N) is 1. The van der Waals surface area contributed by atoms with Gasteiger partial charge in [0.15, 0.2) is 5.82 Å². The molecule has 2 heterocycles. The second-order valence-electron chi connectivity index (χ2n) is 4.58. The first kappa shape index (κ1) is 10.9. The van der Waals surface area contributed by atoms with Gasteiger partial charge in [-0.25, -0.2) is 4.98 Å². The van der Waals surface area contributed by atoms with Gasteiger partial charge >= 0.3 is 0 Å². The average Bonchev–Trinajstić information content (AvgIpc) is 2.21. The number of carbonyl (C=O) groups is 1. The van der Waals surface area contributed by atoms with Crippen LogP contribution < -0.4 is 10.2 Å². The Labute approximate surface area is 95.7 Å². The van der Waals surface area contributed by atoms with Gasteiger partial charge in [-0.15, -0.1) is 0 Å². The molecule has 1 aliphatic heterocycles. The molecule has 1 aliphatic rings. The molecule has 0 spiro atoms. The zero-order valence-corrected chi connectivity index (χ0v) is 10.2. The largest absolute Gasteiger partial charge is 0.341 e. The highest BCUT2D eigenvalue weighted by atomic mass is 16.2. The Hall–Kier alpha value is -1.58. The fraction of sp³-hybridized carbons (Fsp3) is 0.500. The van der Waals surface area contributed by atoms with Gasteiger partial charge in [0.05, 0.1) is 5.69 Å². The molecule has 0 bridgehead atoms. The van der Waals surface area contributed by atoms with Gasteiger partial charge in [-0.1, -0.05) is 0 Å². The fourth-order valence-corrected chi connectivity index (χ4v) is 2.10. The molecular weight excluding hydrogens is 202 g/mol. The van der Waals surface area contributed by atoms with Crippen LogP contribution in [0.4, 0.5) is 11.5 Å². The minimum absolute atomic E-state index is 0.0259. The van der Waals surface area contributed by atoms with Gasteiger partial charge in [-0.2, -0.15) is 0 Å². The second kappa shape index (κ2) is 3.47. The van der Waals surface area contributed by atoms with E-state index < -0.39 is 5.54 Å². The molecule has 0 fully saturated rings. The Balaban J connectivity index is 2.61. The zero-order chi connectivity index (χ0) is 11.9. The van der Waals surface area contributed by atoms with Crippen LogP contribution in [0.2, 0.25) is 0 Å². The molecule has 0 saturated heterocycles. The Kier molecular flexibility index (Phi) is 2.37. The summed E-state index contributed by atoms with van der Waals surface area (Å²) in [5.41, 5.74) is 1.35. The number of hydrogen-bond acceptors (Lipinski definition) is 3. The van der Waals surface area contributed by atoms with Crippen LogP contribution in [0.3, 0.4) is 0 Å². The molecule has 2 rings (SSSR count). The summed E-state index contributed by atoms with van der Waals surface area (Å²) in [7, 11) is 0. The number of fused-ring (bicyclic) bond motifs is 1. The number of nitrogens with zero attached hydrogens (tertiary/aromatic N) is 2. The highest BCUT2D eigenvalue weighted by Gasteiger charge is 2.40. The number of anilines is 2. The smallest absolute Gasteiger partial charge is 0.249 e. The van der Waals surface area contributed by atoms with E-state index in [1.807, 2.05) is 38.7 Å². The van der Waals surface area contributed by atoms with E-state index in [2.05, 4.69) is 10.3 Å². The van der Waals surface area contributed by atoms with Crippen LogP contribution >= 0.6 is 0 Å². The number of rotatable bonds is 1. The first-order chi connectivity index (χ1) is 7.48. The third kappa shape index (κ3) is 1.37. The summed E-state index contributed by atoms with van der Waals surface area (Å²) in [6, 6.07) is 1.91. The average molecular weight is 219 g/mol. The monoisotopic (exact) mass is 219 g/mol. The molecule has 1 aromatic heterocycles. The van der Waals surface area contributed by atoms with Crippen molar-refractivity contribution in [2.24, 2.45) is 0 Å². The highest BCUT2D eigenvalue weighted by Crippen LogP contribution is 2.36.